The van der Waals surface area contributed by atoms with Crippen LogP contribution in [0.2, 0.25) is 0 Å². The molecular formula is C9H7BrFN3O5S. The molecule has 0 aliphatic carbocycles. The van der Waals surface area contributed by atoms with Crippen LogP contribution in [-0.4, -0.2) is 36.0 Å². The van der Waals surface area contributed by atoms with E-state index in [1.165, 1.54) is 0 Å². The maximum Gasteiger partial charge on any atom is 0.307 e. The lowest BCUT2D eigenvalue weighted by molar-refractivity contribution is -0.385. The topological polar surface area (TPSA) is 110 Å². The second-order valence-corrected chi connectivity index (χ2v) is 6.53. The minimum atomic E-state index is -4.82. The average Bonchev–Trinajstić information content (AvgIpc) is 2.71. The highest BCUT2D eigenvalue weighted by Gasteiger charge is 2.40. The molecule has 0 aromatic carbocycles. The summed E-state index contributed by atoms with van der Waals surface area (Å²) in [6.07, 6.45) is 0.453. The summed E-state index contributed by atoms with van der Waals surface area (Å²) >= 11 is 3.02. The largest absolute Gasteiger partial charge is 0.307 e. The summed E-state index contributed by atoms with van der Waals surface area (Å²) < 4.78 is 34.7. The summed E-state index contributed by atoms with van der Waals surface area (Å²) in [6.45, 7) is -0.374. The third-order valence-electron chi connectivity index (χ3n) is 2.76. The molecule has 2 rings (SSSR count). The number of hydrogen-bond acceptors (Lipinski definition) is 6. The van der Waals surface area contributed by atoms with Gasteiger partial charge < -0.3 is 0 Å². The Balaban J connectivity index is 2.33. The molecule has 1 atom stereocenters. The Labute approximate surface area is 121 Å². The normalized spacial score (nSPS) is 19.4. The Bertz CT molecular complexity index is 695. The van der Waals surface area contributed by atoms with Crippen molar-refractivity contribution < 1.29 is 22.0 Å². The van der Waals surface area contributed by atoms with Crippen molar-refractivity contribution in [2.45, 2.75) is 11.7 Å². The van der Waals surface area contributed by atoms with Gasteiger partial charge in [-0.3, -0.25) is 19.8 Å². The first-order valence-corrected chi connectivity index (χ1v) is 7.48. The Morgan fingerprint density at radius 2 is 2.20 bits per heavy atom. The van der Waals surface area contributed by atoms with Gasteiger partial charge in [0.25, 0.3) is 5.69 Å². The van der Waals surface area contributed by atoms with Gasteiger partial charge in [-0.15, -0.1) is 3.89 Å². The van der Waals surface area contributed by atoms with Crippen LogP contribution in [0, 0.1) is 10.1 Å². The second-order valence-electron chi connectivity index (χ2n) is 4.06. The molecule has 1 aliphatic heterocycles. The van der Waals surface area contributed by atoms with Crippen LogP contribution in [0.25, 0.3) is 0 Å². The fraction of sp³-hybridized carbons (Fsp3) is 0.333. The summed E-state index contributed by atoms with van der Waals surface area (Å²) in [5, 5.41) is 9.12. The zero-order chi connectivity index (χ0) is 15.1. The monoisotopic (exact) mass is 367 g/mol. The van der Waals surface area contributed by atoms with Crippen LogP contribution < -0.4 is 4.90 Å². The molecule has 1 aromatic rings. The van der Waals surface area contributed by atoms with Crippen LogP contribution in [0.15, 0.2) is 16.7 Å². The Kier molecular flexibility index (Phi) is 3.73. The fourth-order valence-electron chi connectivity index (χ4n) is 1.79. The number of aromatic nitrogens is 1. The molecule has 1 aromatic heterocycles. The first-order valence-electron chi connectivity index (χ1n) is 5.24. The number of carbonyl (C=O) groups excluding carboxylic acids is 1. The zero-order valence-corrected chi connectivity index (χ0v) is 12.1. The van der Waals surface area contributed by atoms with E-state index in [4.69, 9.17) is 0 Å². The quantitative estimate of drug-likeness (QED) is 0.450. The van der Waals surface area contributed by atoms with Crippen molar-refractivity contribution in [3.8, 4) is 0 Å². The summed E-state index contributed by atoms with van der Waals surface area (Å²) in [7, 11) is -4.82. The Hall–Kier alpha value is -1.62. The molecule has 1 aliphatic rings. The first-order chi connectivity index (χ1) is 9.20. The number of pyridine rings is 1. The molecule has 11 heteroatoms. The molecule has 20 heavy (non-hydrogen) atoms. The van der Waals surface area contributed by atoms with Crippen molar-refractivity contribution in [2.24, 2.45) is 0 Å². The van der Waals surface area contributed by atoms with Crippen LogP contribution in [0.1, 0.15) is 6.42 Å². The highest BCUT2D eigenvalue weighted by atomic mass is 79.9. The molecule has 0 saturated carbocycles. The molecule has 8 nitrogen and oxygen atoms in total. The third kappa shape index (κ3) is 2.77. The minimum absolute atomic E-state index is 0.0201. The van der Waals surface area contributed by atoms with Gasteiger partial charge in [-0.25, -0.2) is 4.98 Å². The van der Waals surface area contributed by atoms with E-state index in [0.717, 1.165) is 17.2 Å². The van der Waals surface area contributed by atoms with Gasteiger partial charge >= 0.3 is 10.2 Å². The SMILES string of the molecule is O=C1CC(S(=O)(=O)F)CN1c1ncc([N+](=O)[O-])cc1Br. The lowest BCUT2D eigenvalue weighted by atomic mass is 10.4. The lowest BCUT2D eigenvalue weighted by Crippen LogP contribution is -2.28. The summed E-state index contributed by atoms with van der Waals surface area (Å²) in [4.78, 5) is 26.3. The Morgan fingerprint density at radius 1 is 1.55 bits per heavy atom. The highest BCUT2D eigenvalue weighted by Crippen LogP contribution is 2.31. The van der Waals surface area contributed by atoms with Gasteiger partial charge in [-0.1, -0.05) is 0 Å². The molecular weight excluding hydrogens is 361 g/mol. The molecule has 1 saturated heterocycles. The van der Waals surface area contributed by atoms with E-state index in [1.54, 1.807) is 0 Å². The molecule has 1 amide bonds. The van der Waals surface area contributed by atoms with Gasteiger partial charge in [-0.2, -0.15) is 8.42 Å². The first kappa shape index (κ1) is 14.8. The summed E-state index contributed by atoms with van der Waals surface area (Å²) in [6, 6.07) is 1.13. The van der Waals surface area contributed by atoms with Crippen LogP contribution in [-0.2, 0) is 15.0 Å². The number of nitro groups is 1. The van der Waals surface area contributed by atoms with Crippen molar-refractivity contribution in [1.29, 1.82) is 0 Å². The molecule has 1 unspecified atom stereocenters. The standard InChI is InChI=1S/C9H7BrFN3O5S/c10-7-1-5(14(16)17)3-12-9(7)13-4-6(2-8(13)15)20(11,18)19/h1,3,6H,2,4H2. The summed E-state index contributed by atoms with van der Waals surface area (Å²) in [5.74, 6) is -0.593. The zero-order valence-electron chi connectivity index (χ0n) is 9.69. The summed E-state index contributed by atoms with van der Waals surface area (Å²) in [5.41, 5.74) is -0.290. The predicted molar refractivity (Wildman–Crippen MR) is 69.4 cm³/mol. The van der Waals surface area contributed by atoms with Crippen LogP contribution in [0.4, 0.5) is 15.4 Å². The highest BCUT2D eigenvalue weighted by molar-refractivity contribution is 9.10. The van der Waals surface area contributed by atoms with Crippen molar-refractivity contribution >= 4 is 43.6 Å². The molecule has 2 heterocycles. The van der Waals surface area contributed by atoms with Crippen molar-refractivity contribution in [2.75, 3.05) is 11.4 Å². The predicted octanol–water partition coefficient (Wildman–Crippen LogP) is 1.16. The van der Waals surface area contributed by atoms with Gasteiger partial charge in [-0.05, 0) is 15.9 Å². The van der Waals surface area contributed by atoms with Crippen molar-refractivity contribution in [3.05, 3.63) is 26.9 Å². The average molecular weight is 368 g/mol. The molecule has 0 bridgehead atoms. The Morgan fingerprint density at radius 3 is 2.65 bits per heavy atom. The number of carbonyl (C=O) groups is 1. The number of nitrogens with zero attached hydrogens (tertiary/aromatic N) is 3. The van der Waals surface area contributed by atoms with Gasteiger partial charge in [0.1, 0.15) is 17.3 Å². The van der Waals surface area contributed by atoms with Crippen molar-refractivity contribution in [1.82, 2.24) is 4.98 Å². The van der Waals surface area contributed by atoms with E-state index in [1.807, 2.05) is 0 Å². The fourth-order valence-corrected chi connectivity index (χ4v) is 3.01. The van der Waals surface area contributed by atoms with E-state index < -0.39 is 32.7 Å². The number of anilines is 1. The maximum atomic E-state index is 12.9. The van der Waals surface area contributed by atoms with Crippen molar-refractivity contribution in [3.63, 3.8) is 0 Å². The van der Waals surface area contributed by atoms with Crippen LogP contribution in [0.5, 0.6) is 0 Å². The number of hydrogen-bond donors (Lipinski definition) is 0. The van der Waals surface area contributed by atoms with Gasteiger partial charge in [0.05, 0.1) is 9.40 Å². The van der Waals surface area contributed by atoms with Gasteiger partial charge in [0.15, 0.2) is 0 Å². The maximum absolute atomic E-state index is 12.9. The molecule has 0 spiro atoms. The smallest absolute Gasteiger partial charge is 0.294 e. The number of rotatable bonds is 3. The van der Waals surface area contributed by atoms with E-state index in [9.17, 15) is 27.2 Å². The van der Waals surface area contributed by atoms with E-state index in [-0.39, 0.29) is 22.5 Å². The van der Waals surface area contributed by atoms with E-state index >= 15 is 0 Å². The van der Waals surface area contributed by atoms with E-state index in [2.05, 4.69) is 20.9 Å². The molecule has 108 valence electrons. The number of halogens is 2. The molecule has 1 fully saturated rings. The molecule has 0 radical (unpaired) electrons. The van der Waals surface area contributed by atoms with Crippen LogP contribution in [0.3, 0.4) is 0 Å². The van der Waals surface area contributed by atoms with Gasteiger partial charge in [0, 0.05) is 19.0 Å². The van der Waals surface area contributed by atoms with E-state index in [0.29, 0.717) is 0 Å². The lowest BCUT2D eigenvalue weighted by Gasteiger charge is -2.15. The van der Waals surface area contributed by atoms with Gasteiger partial charge in [0.2, 0.25) is 5.91 Å². The second kappa shape index (κ2) is 5.05. The molecule has 0 N–H and O–H groups in total. The van der Waals surface area contributed by atoms with Crippen LogP contribution >= 0.6 is 15.9 Å². The third-order valence-corrected chi connectivity index (χ3v) is 4.46. The minimum Gasteiger partial charge on any atom is -0.294 e. The number of amides is 1.